The Bertz CT molecular complexity index is 1660. The Kier molecular flexibility index (Phi) is 4.71. The van der Waals surface area contributed by atoms with Gasteiger partial charge in [0, 0.05) is 15.4 Å². The number of nitrogens with one attached hydrogen (secondary N) is 1. The molecule has 34 heavy (non-hydrogen) atoms. The Morgan fingerprint density at radius 3 is 1.97 bits per heavy atom. The summed E-state index contributed by atoms with van der Waals surface area (Å²) in [6.07, 6.45) is 0. The standard InChI is InChI=1S/C27H17N3O3S/c31-25(30-21-9-3-5-11-23(21)34-24-12-6-4-10-22(24)30)17-13-15-18(16-14-17)29-26(32)19-7-1-2-8-20(19)28-27(29)33/h1-16H,(H,28,33). The number of aromatic nitrogens is 2. The lowest BCUT2D eigenvalue weighted by molar-refractivity contribution is 0.0998. The Labute approximate surface area is 198 Å². The van der Waals surface area contributed by atoms with Crippen LogP contribution in [0.15, 0.2) is 116 Å². The van der Waals surface area contributed by atoms with Gasteiger partial charge in [0.2, 0.25) is 0 Å². The van der Waals surface area contributed by atoms with Gasteiger partial charge < -0.3 is 4.98 Å². The van der Waals surface area contributed by atoms with Crippen LogP contribution < -0.4 is 16.1 Å². The molecule has 1 N–H and O–H groups in total. The van der Waals surface area contributed by atoms with E-state index in [4.69, 9.17) is 0 Å². The molecular formula is C27H17N3O3S. The highest BCUT2D eigenvalue weighted by Crippen LogP contribution is 2.48. The van der Waals surface area contributed by atoms with Crippen LogP contribution in [0, 0.1) is 0 Å². The molecule has 7 heteroatoms. The number of anilines is 2. The summed E-state index contributed by atoms with van der Waals surface area (Å²) in [7, 11) is 0. The van der Waals surface area contributed by atoms with E-state index in [1.807, 2.05) is 48.5 Å². The minimum atomic E-state index is -0.529. The van der Waals surface area contributed by atoms with Gasteiger partial charge in [0.1, 0.15) is 0 Å². The summed E-state index contributed by atoms with van der Waals surface area (Å²) in [5.74, 6) is -0.188. The molecule has 1 amide bonds. The van der Waals surface area contributed by atoms with E-state index in [0.29, 0.717) is 22.2 Å². The summed E-state index contributed by atoms with van der Waals surface area (Å²) >= 11 is 1.63. The van der Waals surface area contributed by atoms with Crippen LogP contribution in [0.4, 0.5) is 11.4 Å². The molecule has 0 bridgehead atoms. The van der Waals surface area contributed by atoms with Crippen LogP contribution in [-0.4, -0.2) is 15.5 Å². The molecule has 4 aromatic carbocycles. The zero-order valence-corrected chi connectivity index (χ0v) is 18.6. The van der Waals surface area contributed by atoms with Crippen molar-refractivity contribution in [2.75, 3.05) is 4.90 Å². The molecule has 2 heterocycles. The maximum absolute atomic E-state index is 13.7. The molecule has 0 fully saturated rings. The summed E-state index contributed by atoms with van der Waals surface area (Å²) < 4.78 is 1.08. The summed E-state index contributed by atoms with van der Waals surface area (Å²) in [6, 6.07) is 29.0. The smallest absolute Gasteiger partial charge is 0.306 e. The first-order chi connectivity index (χ1) is 16.6. The third-order valence-corrected chi connectivity index (χ3v) is 6.94. The van der Waals surface area contributed by atoms with Crippen LogP contribution in [0.2, 0.25) is 0 Å². The van der Waals surface area contributed by atoms with Gasteiger partial charge in [-0.15, -0.1) is 0 Å². The number of hydrogen-bond acceptors (Lipinski definition) is 4. The fourth-order valence-electron chi connectivity index (χ4n) is 4.20. The third kappa shape index (κ3) is 3.17. The van der Waals surface area contributed by atoms with Gasteiger partial charge in [-0.2, -0.15) is 0 Å². The van der Waals surface area contributed by atoms with Crippen molar-refractivity contribution in [2.45, 2.75) is 9.79 Å². The Morgan fingerprint density at radius 1 is 0.706 bits per heavy atom. The molecule has 5 aromatic rings. The van der Waals surface area contributed by atoms with Crippen LogP contribution in [0.3, 0.4) is 0 Å². The minimum absolute atomic E-state index is 0.188. The first kappa shape index (κ1) is 20.3. The highest BCUT2D eigenvalue weighted by atomic mass is 32.2. The second-order valence-corrected chi connectivity index (χ2v) is 8.93. The predicted octanol–water partition coefficient (Wildman–Crippen LogP) is 5.12. The highest BCUT2D eigenvalue weighted by Gasteiger charge is 2.28. The number of fused-ring (bicyclic) bond motifs is 3. The molecule has 0 spiro atoms. The maximum atomic E-state index is 13.7. The van der Waals surface area contributed by atoms with Gasteiger partial charge in [-0.3, -0.25) is 14.5 Å². The Morgan fingerprint density at radius 2 is 1.29 bits per heavy atom. The van der Waals surface area contributed by atoms with E-state index in [9.17, 15) is 14.4 Å². The van der Waals surface area contributed by atoms with Gasteiger partial charge in [-0.1, -0.05) is 48.2 Å². The number of nitrogens with zero attached hydrogens (tertiary/aromatic N) is 2. The van der Waals surface area contributed by atoms with E-state index in [1.165, 1.54) is 0 Å². The normalized spacial score (nSPS) is 12.3. The third-order valence-electron chi connectivity index (χ3n) is 5.81. The predicted molar refractivity (Wildman–Crippen MR) is 134 cm³/mol. The van der Waals surface area contributed by atoms with Gasteiger partial charge >= 0.3 is 5.69 Å². The summed E-state index contributed by atoms with van der Waals surface area (Å²) in [5.41, 5.74) is 2.04. The van der Waals surface area contributed by atoms with E-state index >= 15 is 0 Å². The van der Waals surface area contributed by atoms with Gasteiger partial charge in [0.25, 0.3) is 11.5 Å². The quantitative estimate of drug-likeness (QED) is 0.394. The molecule has 0 radical (unpaired) electrons. The van der Waals surface area contributed by atoms with Crippen LogP contribution in [0.5, 0.6) is 0 Å². The zero-order valence-electron chi connectivity index (χ0n) is 17.8. The molecule has 0 unspecified atom stereocenters. The molecule has 164 valence electrons. The van der Waals surface area contributed by atoms with Crippen molar-refractivity contribution in [1.29, 1.82) is 0 Å². The van der Waals surface area contributed by atoms with Gasteiger partial charge in [0.05, 0.1) is 28.0 Å². The number of amides is 1. The van der Waals surface area contributed by atoms with E-state index in [2.05, 4.69) is 4.98 Å². The van der Waals surface area contributed by atoms with Crippen LogP contribution in [-0.2, 0) is 0 Å². The lowest BCUT2D eigenvalue weighted by Gasteiger charge is -2.31. The van der Waals surface area contributed by atoms with Crippen molar-refractivity contribution in [1.82, 2.24) is 9.55 Å². The van der Waals surface area contributed by atoms with Gasteiger partial charge in [0.15, 0.2) is 0 Å². The Hall–Kier alpha value is -4.36. The lowest BCUT2D eigenvalue weighted by Crippen LogP contribution is -2.33. The minimum Gasteiger partial charge on any atom is -0.306 e. The van der Waals surface area contributed by atoms with Crippen molar-refractivity contribution in [2.24, 2.45) is 0 Å². The van der Waals surface area contributed by atoms with Crippen LogP contribution >= 0.6 is 11.8 Å². The zero-order chi connectivity index (χ0) is 23.2. The fourth-order valence-corrected chi connectivity index (χ4v) is 5.26. The molecular weight excluding hydrogens is 446 g/mol. The van der Waals surface area contributed by atoms with Gasteiger partial charge in [-0.05, 0) is 60.7 Å². The van der Waals surface area contributed by atoms with Gasteiger partial charge in [-0.25, -0.2) is 9.36 Å². The largest absolute Gasteiger partial charge is 0.333 e. The van der Waals surface area contributed by atoms with Crippen LogP contribution in [0.25, 0.3) is 16.6 Å². The molecule has 0 aliphatic carbocycles. The van der Waals surface area contributed by atoms with E-state index in [0.717, 1.165) is 25.7 Å². The maximum Gasteiger partial charge on any atom is 0.333 e. The molecule has 1 aliphatic rings. The molecule has 0 saturated carbocycles. The topological polar surface area (TPSA) is 75.2 Å². The van der Waals surface area contributed by atoms with Crippen molar-refractivity contribution in [3.8, 4) is 5.69 Å². The number of para-hydroxylation sites is 3. The fraction of sp³-hybridized carbons (Fsp3) is 0. The summed E-state index contributed by atoms with van der Waals surface area (Å²) in [4.78, 5) is 45.7. The van der Waals surface area contributed by atoms with E-state index in [1.54, 1.807) is 65.2 Å². The van der Waals surface area contributed by atoms with Crippen molar-refractivity contribution in [3.63, 3.8) is 0 Å². The highest BCUT2D eigenvalue weighted by molar-refractivity contribution is 7.99. The van der Waals surface area contributed by atoms with E-state index in [-0.39, 0.29) is 5.91 Å². The molecule has 6 nitrogen and oxygen atoms in total. The monoisotopic (exact) mass is 463 g/mol. The second kappa shape index (κ2) is 7.90. The number of benzene rings is 4. The first-order valence-electron chi connectivity index (χ1n) is 10.7. The van der Waals surface area contributed by atoms with E-state index < -0.39 is 11.2 Å². The number of carbonyl (C=O) groups excluding carboxylic acids is 1. The van der Waals surface area contributed by atoms with Crippen molar-refractivity contribution >= 4 is 39.9 Å². The molecule has 0 atom stereocenters. The summed E-state index contributed by atoms with van der Waals surface area (Å²) in [5, 5.41) is 0.418. The average molecular weight is 464 g/mol. The van der Waals surface area contributed by atoms with Crippen LogP contribution in [0.1, 0.15) is 10.4 Å². The lowest BCUT2D eigenvalue weighted by atomic mass is 10.1. The molecule has 1 aliphatic heterocycles. The summed E-state index contributed by atoms with van der Waals surface area (Å²) in [6.45, 7) is 0. The number of aromatic amines is 1. The molecule has 0 saturated heterocycles. The van der Waals surface area contributed by atoms with Crippen molar-refractivity contribution in [3.05, 3.63) is 123 Å². The molecule has 1 aromatic heterocycles. The number of carbonyl (C=O) groups is 1. The molecule has 6 rings (SSSR count). The Balaban J connectivity index is 1.43. The number of hydrogen-bond donors (Lipinski definition) is 1. The van der Waals surface area contributed by atoms with Crippen molar-refractivity contribution < 1.29 is 4.79 Å². The second-order valence-electron chi connectivity index (χ2n) is 7.84. The first-order valence-corrected chi connectivity index (χ1v) is 11.5. The number of rotatable bonds is 2. The SMILES string of the molecule is O=C(c1ccc(-n2c(=O)[nH]c3ccccc3c2=O)cc1)N1c2ccccc2Sc2ccccc21. The average Bonchev–Trinajstić information content (AvgIpc) is 2.87. The number of H-pyrrole nitrogens is 1.